The topological polar surface area (TPSA) is 80.6 Å². The normalized spacial score (nSPS) is 13.5. The predicted octanol–water partition coefficient (Wildman–Crippen LogP) is 2.14. The summed E-state index contributed by atoms with van der Waals surface area (Å²) in [6.45, 7) is 4.83. The van der Waals surface area contributed by atoms with E-state index in [4.69, 9.17) is 9.15 Å². The maximum absolute atomic E-state index is 12.0. The van der Waals surface area contributed by atoms with E-state index in [0.717, 1.165) is 5.39 Å². The van der Waals surface area contributed by atoms with Crippen molar-refractivity contribution in [2.24, 2.45) is 0 Å². The Hall–Kier alpha value is -2.50. The second-order valence-corrected chi connectivity index (χ2v) is 5.18. The molecular weight excluding hydrogens is 284 g/mol. The molecule has 0 saturated carbocycles. The summed E-state index contributed by atoms with van der Waals surface area (Å²) in [5.74, 6) is 0.760. The molecule has 0 bridgehead atoms. The number of rotatable bonds is 5. The quantitative estimate of drug-likeness (QED) is 0.887. The van der Waals surface area contributed by atoms with Gasteiger partial charge < -0.3 is 19.8 Å². The lowest BCUT2D eigenvalue weighted by atomic mass is 10.2. The van der Waals surface area contributed by atoms with Crippen LogP contribution in [-0.2, 0) is 9.59 Å². The number of methoxy groups -OCH3 is 1. The number of fused-ring (bicyclic) bond motifs is 1. The van der Waals surface area contributed by atoms with Gasteiger partial charge in [-0.2, -0.15) is 0 Å². The molecule has 0 aliphatic carbocycles. The minimum atomic E-state index is -0.598. The first-order valence-corrected chi connectivity index (χ1v) is 7.06. The summed E-state index contributed by atoms with van der Waals surface area (Å²) < 4.78 is 11.0. The van der Waals surface area contributed by atoms with Crippen molar-refractivity contribution in [3.8, 4) is 5.75 Å². The van der Waals surface area contributed by atoms with E-state index in [1.54, 1.807) is 14.0 Å². The van der Waals surface area contributed by atoms with Crippen LogP contribution in [0.2, 0.25) is 0 Å². The van der Waals surface area contributed by atoms with E-state index in [0.29, 0.717) is 17.1 Å². The molecule has 22 heavy (non-hydrogen) atoms. The molecule has 2 atom stereocenters. The van der Waals surface area contributed by atoms with Crippen molar-refractivity contribution in [2.45, 2.75) is 32.9 Å². The summed E-state index contributed by atoms with van der Waals surface area (Å²) in [5, 5.41) is 6.26. The molecule has 2 N–H and O–H groups in total. The number of ether oxygens (including phenoxy) is 1. The Labute approximate surface area is 128 Å². The van der Waals surface area contributed by atoms with Gasteiger partial charge in [0.25, 0.3) is 0 Å². The number of carbonyl (C=O) groups is 2. The minimum absolute atomic E-state index is 0.247. The number of hydrogen-bond donors (Lipinski definition) is 2. The molecule has 0 radical (unpaired) electrons. The molecule has 1 aromatic heterocycles. The highest BCUT2D eigenvalue weighted by Crippen LogP contribution is 2.30. The molecule has 0 aliphatic heterocycles. The van der Waals surface area contributed by atoms with Gasteiger partial charge in [0.1, 0.15) is 11.8 Å². The summed E-state index contributed by atoms with van der Waals surface area (Å²) in [4.78, 5) is 23.0. The number of nitrogens with one attached hydrogen (secondary N) is 2. The van der Waals surface area contributed by atoms with Crippen LogP contribution in [0.5, 0.6) is 5.75 Å². The van der Waals surface area contributed by atoms with Gasteiger partial charge in [-0.3, -0.25) is 9.59 Å². The second-order valence-electron chi connectivity index (χ2n) is 5.18. The molecule has 2 aromatic rings. The van der Waals surface area contributed by atoms with Crippen LogP contribution in [-0.4, -0.2) is 25.0 Å². The summed E-state index contributed by atoms with van der Waals surface area (Å²) in [6, 6.07) is 6.56. The van der Waals surface area contributed by atoms with E-state index < -0.39 is 6.04 Å². The van der Waals surface area contributed by atoms with E-state index in [1.807, 2.05) is 31.2 Å². The Morgan fingerprint density at radius 2 is 1.95 bits per heavy atom. The van der Waals surface area contributed by atoms with E-state index in [2.05, 4.69) is 10.6 Å². The van der Waals surface area contributed by atoms with Crippen LogP contribution in [0.4, 0.5) is 0 Å². The molecule has 1 heterocycles. The van der Waals surface area contributed by atoms with Gasteiger partial charge in [-0.1, -0.05) is 12.1 Å². The van der Waals surface area contributed by atoms with Gasteiger partial charge in [0.05, 0.1) is 13.2 Å². The van der Waals surface area contributed by atoms with Crippen molar-refractivity contribution in [3.63, 3.8) is 0 Å². The lowest BCUT2D eigenvalue weighted by Gasteiger charge is -2.16. The SMILES string of the molecule is COc1cccc2cc([C@H](C)NC(=O)[C@@H](C)NC(C)=O)oc12. The van der Waals surface area contributed by atoms with Gasteiger partial charge >= 0.3 is 0 Å². The van der Waals surface area contributed by atoms with Crippen molar-refractivity contribution in [3.05, 3.63) is 30.0 Å². The Morgan fingerprint density at radius 3 is 2.59 bits per heavy atom. The van der Waals surface area contributed by atoms with Gasteiger partial charge in [-0.15, -0.1) is 0 Å². The maximum atomic E-state index is 12.0. The highest BCUT2D eigenvalue weighted by Gasteiger charge is 2.19. The van der Waals surface area contributed by atoms with Crippen molar-refractivity contribution in [1.29, 1.82) is 0 Å². The lowest BCUT2D eigenvalue weighted by Crippen LogP contribution is -2.44. The van der Waals surface area contributed by atoms with Crippen LogP contribution in [0.1, 0.15) is 32.6 Å². The number of hydrogen-bond acceptors (Lipinski definition) is 4. The van der Waals surface area contributed by atoms with E-state index in [1.165, 1.54) is 6.92 Å². The van der Waals surface area contributed by atoms with Crippen molar-refractivity contribution >= 4 is 22.8 Å². The first-order valence-electron chi connectivity index (χ1n) is 7.06. The van der Waals surface area contributed by atoms with E-state index in [-0.39, 0.29) is 17.9 Å². The van der Waals surface area contributed by atoms with Crippen LogP contribution in [0.15, 0.2) is 28.7 Å². The van der Waals surface area contributed by atoms with Gasteiger partial charge in [-0.05, 0) is 26.0 Å². The zero-order valence-electron chi connectivity index (χ0n) is 13.1. The van der Waals surface area contributed by atoms with Crippen LogP contribution < -0.4 is 15.4 Å². The highest BCUT2D eigenvalue weighted by molar-refractivity contribution is 5.87. The average Bonchev–Trinajstić information content (AvgIpc) is 2.90. The zero-order valence-corrected chi connectivity index (χ0v) is 13.1. The Morgan fingerprint density at radius 1 is 1.23 bits per heavy atom. The molecule has 2 rings (SSSR count). The lowest BCUT2D eigenvalue weighted by molar-refractivity contribution is -0.128. The van der Waals surface area contributed by atoms with Gasteiger partial charge in [0.15, 0.2) is 11.3 Å². The largest absolute Gasteiger partial charge is 0.493 e. The third kappa shape index (κ3) is 3.39. The number of carbonyl (C=O) groups excluding carboxylic acids is 2. The van der Waals surface area contributed by atoms with Gasteiger partial charge in [0, 0.05) is 12.3 Å². The third-order valence-electron chi connectivity index (χ3n) is 3.35. The Bertz CT molecular complexity index is 693. The van der Waals surface area contributed by atoms with E-state index >= 15 is 0 Å². The second kappa shape index (κ2) is 6.51. The molecule has 6 nitrogen and oxygen atoms in total. The summed E-state index contributed by atoms with van der Waals surface area (Å²) in [6.07, 6.45) is 0. The Kier molecular flexibility index (Phi) is 4.70. The van der Waals surface area contributed by atoms with Crippen molar-refractivity contribution in [1.82, 2.24) is 10.6 Å². The molecule has 1 aromatic carbocycles. The number of furan rings is 1. The number of benzene rings is 1. The average molecular weight is 304 g/mol. The monoisotopic (exact) mass is 304 g/mol. The molecule has 2 amide bonds. The van der Waals surface area contributed by atoms with Crippen molar-refractivity contribution in [2.75, 3.05) is 7.11 Å². The minimum Gasteiger partial charge on any atom is -0.493 e. The number of para-hydroxylation sites is 1. The maximum Gasteiger partial charge on any atom is 0.242 e. The van der Waals surface area contributed by atoms with Gasteiger partial charge in [0.2, 0.25) is 11.8 Å². The molecule has 0 spiro atoms. The standard InChI is InChI=1S/C16H20N2O4/c1-9(18-16(20)10(2)17-11(3)19)14-8-12-6-5-7-13(21-4)15(12)22-14/h5-10H,1-4H3,(H,17,19)(H,18,20)/t9-,10+/m0/s1. The van der Waals surface area contributed by atoms with Crippen molar-refractivity contribution < 1.29 is 18.7 Å². The molecule has 0 fully saturated rings. The van der Waals surface area contributed by atoms with E-state index in [9.17, 15) is 9.59 Å². The fraction of sp³-hybridized carbons (Fsp3) is 0.375. The summed E-state index contributed by atoms with van der Waals surface area (Å²) in [5.41, 5.74) is 0.649. The van der Waals surface area contributed by atoms with Crippen LogP contribution in [0.25, 0.3) is 11.0 Å². The molecular formula is C16H20N2O4. The summed E-state index contributed by atoms with van der Waals surface area (Å²) in [7, 11) is 1.58. The van der Waals surface area contributed by atoms with Crippen LogP contribution >= 0.6 is 0 Å². The molecule has 0 saturated heterocycles. The first-order chi connectivity index (χ1) is 10.4. The number of amides is 2. The highest BCUT2D eigenvalue weighted by atomic mass is 16.5. The smallest absolute Gasteiger partial charge is 0.242 e. The predicted molar refractivity (Wildman–Crippen MR) is 82.6 cm³/mol. The Balaban J connectivity index is 2.14. The third-order valence-corrected chi connectivity index (χ3v) is 3.35. The van der Waals surface area contributed by atoms with Crippen LogP contribution in [0, 0.1) is 0 Å². The molecule has 118 valence electrons. The first kappa shape index (κ1) is 15.9. The fourth-order valence-corrected chi connectivity index (χ4v) is 2.21. The van der Waals surface area contributed by atoms with Gasteiger partial charge in [-0.25, -0.2) is 0 Å². The zero-order chi connectivity index (χ0) is 16.3. The fourth-order valence-electron chi connectivity index (χ4n) is 2.21. The van der Waals surface area contributed by atoms with Crippen LogP contribution in [0.3, 0.4) is 0 Å². The molecule has 6 heteroatoms. The summed E-state index contributed by atoms with van der Waals surface area (Å²) >= 11 is 0. The molecule has 0 unspecified atom stereocenters. The molecule has 0 aliphatic rings.